The molecule has 0 heterocycles. The Hall–Kier alpha value is -1.35. The van der Waals surface area contributed by atoms with Crippen LogP contribution in [0, 0.1) is 0 Å². The number of benzene rings is 1. The number of nitrogens with one attached hydrogen (secondary N) is 2. The lowest BCUT2D eigenvalue weighted by Crippen LogP contribution is -2.40. The van der Waals surface area contributed by atoms with Crippen molar-refractivity contribution in [3.8, 4) is 0 Å². The van der Waals surface area contributed by atoms with Crippen molar-refractivity contribution in [2.75, 3.05) is 13.1 Å². The maximum absolute atomic E-state index is 11.9. The largest absolute Gasteiger partial charge is 0.352 e. The van der Waals surface area contributed by atoms with Crippen LogP contribution in [0.1, 0.15) is 44.1 Å². The summed E-state index contributed by atoms with van der Waals surface area (Å²) in [7, 11) is 0. The van der Waals surface area contributed by atoms with Crippen LogP contribution in [-0.4, -0.2) is 25.0 Å². The normalized spacial score (nSPS) is 16.6. The molecule has 0 bridgehead atoms. The standard InChI is InChI=1S/C17H26N2O/c20-17(19-16-10-6-1-2-7-11-16)14-18-13-12-15-8-4-3-5-9-15/h3-5,8-9,16,18H,1-2,6-7,10-14H2,(H,19,20). The first-order valence-corrected chi connectivity index (χ1v) is 7.88. The maximum atomic E-state index is 11.9. The molecule has 0 spiro atoms. The molecular formula is C17H26N2O. The Morgan fingerprint density at radius 2 is 1.75 bits per heavy atom. The van der Waals surface area contributed by atoms with Crippen LogP contribution in [-0.2, 0) is 11.2 Å². The van der Waals surface area contributed by atoms with Crippen LogP contribution in [0.2, 0.25) is 0 Å². The van der Waals surface area contributed by atoms with E-state index in [-0.39, 0.29) is 5.91 Å². The van der Waals surface area contributed by atoms with E-state index in [4.69, 9.17) is 0 Å². The predicted octanol–water partition coefficient (Wildman–Crippen LogP) is 2.66. The summed E-state index contributed by atoms with van der Waals surface area (Å²) in [5.41, 5.74) is 1.31. The van der Waals surface area contributed by atoms with Crippen LogP contribution < -0.4 is 10.6 Å². The number of carbonyl (C=O) groups excluding carboxylic acids is 1. The van der Waals surface area contributed by atoms with E-state index < -0.39 is 0 Å². The Labute approximate surface area is 122 Å². The number of hydrogen-bond donors (Lipinski definition) is 2. The minimum Gasteiger partial charge on any atom is -0.352 e. The molecule has 0 atom stereocenters. The molecule has 0 aromatic heterocycles. The molecule has 2 rings (SSSR count). The third kappa shape index (κ3) is 5.74. The van der Waals surface area contributed by atoms with Gasteiger partial charge in [0, 0.05) is 6.04 Å². The minimum absolute atomic E-state index is 0.143. The van der Waals surface area contributed by atoms with E-state index in [1.165, 1.54) is 31.2 Å². The van der Waals surface area contributed by atoms with Gasteiger partial charge in [-0.15, -0.1) is 0 Å². The Morgan fingerprint density at radius 1 is 1.05 bits per heavy atom. The summed E-state index contributed by atoms with van der Waals surface area (Å²) < 4.78 is 0. The van der Waals surface area contributed by atoms with Gasteiger partial charge in [0.05, 0.1) is 6.54 Å². The van der Waals surface area contributed by atoms with E-state index in [1.54, 1.807) is 0 Å². The highest BCUT2D eigenvalue weighted by Crippen LogP contribution is 2.16. The number of hydrogen-bond acceptors (Lipinski definition) is 2. The first-order chi connectivity index (χ1) is 9.84. The molecule has 1 aromatic carbocycles. The van der Waals surface area contributed by atoms with Gasteiger partial charge >= 0.3 is 0 Å². The van der Waals surface area contributed by atoms with Crippen molar-refractivity contribution in [3.05, 3.63) is 35.9 Å². The van der Waals surface area contributed by atoms with Crippen molar-refractivity contribution in [3.63, 3.8) is 0 Å². The van der Waals surface area contributed by atoms with Gasteiger partial charge < -0.3 is 10.6 Å². The topological polar surface area (TPSA) is 41.1 Å². The van der Waals surface area contributed by atoms with Gasteiger partial charge in [-0.1, -0.05) is 56.0 Å². The molecule has 110 valence electrons. The third-order valence-corrected chi connectivity index (χ3v) is 3.94. The molecule has 1 fully saturated rings. The van der Waals surface area contributed by atoms with Crippen molar-refractivity contribution in [2.45, 2.75) is 51.0 Å². The Bertz CT molecular complexity index is 383. The second-order valence-electron chi connectivity index (χ2n) is 5.67. The molecular weight excluding hydrogens is 248 g/mol. The second-order valence-corrected chi connectivity index (χ2v) is 5.67. The second kappa shape index (κ2) is 8.75. The van der Waals surface area contributed by atoms with Gasteiger partial charge in [-0.25, -0.2) is 0 Å². The molecule has 3 heteroatoms. The van der Waals surface area contributed by atoms with E-state index in [9.17, 15) is 4.79 Å². The minimum atomic E-state index is 0.143. The van der Waals surface area contributed by atoms with Crippen molar-refractivity contribution < 1.29 is 4.79 Å². The number of carbonyl (C=O) groups is 1. The number of amides is 1. The molecule has 0 saturated heterocycles. The van der Waals surface area contributed by atoms with Crippen LogP contribution in [0.15, 0.2) is 30.3 Å². The maximum Gasteiger partial charge on any atom is 0.234 e. The van der Waals surface area contributed by atoms with Crippen molar-refractivity contribution in [1.29, 1.82) is 0 Å². The summed E-state index contributed by atoms with van der Waals surface area (Å²) in [6.07, 6.45) is 8.42. The molecule has 1 aliphatic carbocycles. The first-order valence-electron chi connectivity index (χ1n) is 7.88. The molecule has 0 radical (unpaired) electrons. The molecule has 1 saturated carbocycles. The summed E-state index contributed by atoms with van der Waals surface area (Å²) in [4.78, 5) is 11.9. The quantitative estimate of drug-likeness (QED) is 0.618. The zero-order chi connectivity index (χ0) is 14.0. The van der Waals surface area contributed by atoms with Gasteiger partial charge in [-0.2, -0.15) is 0 Å². The van der Waals surface area contributed by atoms with Crippen LogP contribution in [0.3, 0.4) is 0 Å². The monoisotopic (exact) mass is 274 g/mol. The van der Waals surface area contributed by atoms with Crippen molar-refractivity contribution in [2.24, 2.45) is 0 Å². The lowest BCUT2D eigenvalue weighted by Gasteiger charge is -2.16. The Balaban J connectivity index is 1.58. The molecule has 20 heavy (non-hydrogen) atoms. The van der Waals surface area contributed by atoms with Crippen molar-refractivity contribution in [1.82, 2.24) is 10.6 Å². The van der Waals surface area contributed by atoms with E-state index in [0.29, 0.717) is 12.6 Å². The highest BCUT2D eigenvalue weighted by Gasteiger charge is 2.13. The summed E-state index contributed by atoms with van der Waals surface area (Å²) in [5, 5.41) is 6.38. The van der Waals surface area contributed by atoms with Gasteiger partial charge in [0.2, 0.25) is 5.91 Å². The fraction of sp³-hybridized carbons (Fsp3) is 0.588. The summed E-state index contributed by atoms with van der Waals surface area (Å²) in [6.45, 7) is 1.28. The van der Waals surface area contributed by atoms with Crippen LogP contribution in [0.25, 0.3) is 0 Å². The zero-order valence-electron chi connectivity index (χ0n) is 12.2. The molecule has 1 aromatic rings. The van der Waals surface area contributed by atoms with E-state index in [1.807, 2.05) is 18.2 Å². The van der Waals surface area contributed by atoms with E-state index in [2.05, 4.69) is 22.8 Å². The van der Waals surface area contributed by atoms with Gasteiger partial charge in [-0.3, -0.25) is 4.79 Å². The zero-order valence-corrected chi connectivity index (χ0v) is 12.2. The summed E-state index contributed by atoms with van der Waals surface area (Å²) in [5.74, 6) is 0.143. The van der Waals surface area contributed by atoms with E-state index in [0.717, 1.165) is 25.8 Å². The predicted molar refractivity (Wildman–Crippen MR) is 82.6 cm³/mol. The average Bonchev–Trinajstić information content (AvgIpc) is 2.73. The average molecular weight is 274 g/mol. The summed E-state index contributed by atoms with van der Waals surface area (Å²) in [6, 6.07) is 10.8. The SMILES string of the molecule is O=C(CNCCc1ccccc1)NC1CCCCCC1. The van der Waals surface area contributed by atoms with Gasteiger partial charge in [0.15, 0.2) is 0 Å². The lowest BCUT2D eigenvalue weighted by atomic mass is 10.1. The lowest BCUT2D eigenvalue weighted by molar-refractivity contribution is -0.121. The van der Waals surface area contributed by atoms with Crippen LogP contribution in [0.5, 0.6) is 0 Å². The van der Waals surface area contributed by atoms with Crippen LogP contribution >= 0.6 is 0 Å². The molecule has 2 N–H and O–H groups in total. The Morgan fingerprint density at radius 3 is 2.45 bits per heavy atom. The van der Waals surface area contributed by atoms with Crippen LogP contribution in [0.4, 0.5) is 0 Å². The molecule has 3 nitrogen and oxygen atoms in total. The van der Waals surface area contributed by atoms with Crippen molar-refractivity contribution >= 4 is 5.91 Å². The fourth-order valence-electron chi connectivity index (χ4n) is 2.78. The highest BCUT2D eigenvalue weighted by molar-refractivity contribution is 5.78. The Kier molecular flexibility index (Phi) is 6.58. The van der Waals surface area contributed by atoms with Gasteiger partial charge in [0.25, 0.3) is 0 Å². The van der Waals surface area contributed by atoms with E-state index >= 15 is 0 Å². The number of rotatable bonds is 6. The first kappa shape index (κ1) is 15.0. The van der Waals surface area contributed by atoms with Gasteiger partial charge in [-0.05, 0) is 31.4 Å². The molecule has 0 aliphatic heterocycles. The smallest absolute Gasteiger partial charge is 0.234 e. The summed E-state index contributed by atoms with van der Waals surface area (Å²) >= 11 is 0. The molecule has 0 unspecified atom stereocenters. The highest BCUT2D eigenvalue weighted by atomic mass is 16.1. The van der Waals surface area contributed by atoms with Gasteiger partial charge in [0.1, 0.15) is 0 Å². The third-order valence-electron chi connectivity index (χ3n) is 3.94. The molecule has 1 amide bonds. The molecule has 1 aliphatic rings. The fourth-order valence-corrected chi connectivity index (χ4v) is 2.78.